The van der Waals surface area contributed by atoms with E-state index in [4.69, 9.17) is 10.5 Å². The number of nitrogens with one attached hydrogen (secondary N) is 1. The van der Waals surface area contributed by atoms with Crippen LogP contribution < -0.4 is 11.1 Å². The highest BCUT2D eigenvalue weighted by Crippen LogP contribution is 2.36. The van der Waals surface area contributed by atoms with Crippen molar-refractivity contribution in [2.75, 3.05) is 13.2 Å². The van der Waals surface area contributed by atoms with E-state index in [9.17, 15) is 13.6 Å². The Morgan fingerprint density at radius 3 is 2.65 bits per heavy atom. The summed E-state index contributed by atoms with van der Waals surface area (Å²) < 4.78 is 32.0. The lowest BCUT2D eigenvalue weighted by Crippen LogP contribution is -2.42. The van der Waals surface area contributed by atoms with Crippen LogP contribution in [-0.4, -0.2) is 42.5 Å². The highest BCUT2D eigenvalue weighted by molar-refractivity contribution is 5.83. The summed E-state index contributed by atoms with van der Waals surface area (Å²) in [6, 6.07) is -0.258. The molecule has 2 rings (SSSR count). The topological polar surface area (TPSA) is 76.7 Å². The smallest absolute Gasteiger partial charge is 0.248 e. The van der Waals surface area contributed by atoms with Crippen LogP contribution in [-0.2, 0) is 9.53 Å². The second-order valence-electron chi connectivity index (χ2n) is 7.42. The van der Waals surface area contributed by atoms with E-state index in [1.54, 1.807) is 0 Å². The van der Waals surface area contributed by atoms with Crippen LogP contribution in [0.4, 0.5) is 8.78 Å². The molecule has 0 aromatic heterocycles. The van der Waals surface area contributed by atoms with Crippen molar-refractivity contribution in [1.29, 1.82) is 0 Å². The van der Waals surface area contributed by atoms with E-state index >= 15 is 0 Å². The van der Waals surface area contributed by atoms with Crippen molar-refractivity contribution in [2.24, 2.45) is 16.6 Å². The van der Waals surface area contributed by atoms with Crippen LogP contribution in [0, 0.1) is 5.92 Å². The van der Waals surface area contributed by atoms with Gasteiger partial charge < -0.3 is 15.8 Å². The fourth-order valence-corrected chi connectivity index (χ4v) is 3.43. The van der Waals surface area contributed by atoms with Gasteiger partial charge in [0.25, 0.3) is 0 Å². The van der Waals surface area contributed by atoms with Gasteiger partial charge in [-0.2, -0.15) is 0 Å². The molecule has 0 spiro atoms. The van der Waals surface area contributed by atoms with Crippen LogP contribution in [0.1, 0.15) is 46.5 Å². The van der Waals surface area contributed by atoms with E-state index in [0.29, 0.717) is 19.0 Å². The Morgan fingerprint density at radius 2 is 2.08 bits per heavy atom. The number of nitrogens with two attached hydrogens (primary N) is 1. The van der Waals surface area contributed by atoms with Crippen LogP contribution in [0.2, 0.25) is 0 Å². The molecule has 3 N–H and O–H groups in total. The molecule has 5 nitrogen and oxygen atoms in total. The van der Waals surface area contributed by atoms with Crippen molar-refractivity contribution in [3.63, 3.8) is 0 Å². The number of amides is 1. The Hall–Kier alpha value is -1.76. The molecule has 1 fully saturated rings. The van der Waals surface area contributed by atoms with Crippen LogP contribution in [0.15, 0.2) is 28.8 Å². The zero-order chi connectivity index (χ0) is 19.4. The average Bonchev–Trinajstić information content (AvgIpc) is 2.54. The molecule has 0 bridgehead atoms. The predicted molar refractivity (Wildman–Crippen MR) is 98.3 cm³/mol. The summed E-state index contributed by atoms with van der Waals surface area (Å²) in [6.45, 7) is 6.42. The summed E-state index contributed by atoms with van der Waals surface area (Å²) in [5, 5.41) is 2.92. The van der Waals surface area contributed by atoms with Crippen LogP contribution in [0.5, 0.6) is 0 Å². The molecule has 0 radical (unpaired) electrons. The molecular formula is C19H29F2N3O2. The third-order valence-corrected chi connectivity index (χ3v) is 4.88. The highest BCUT2D eigenvalue weighted by atomic mass is 19.3. The summed E-state index contributed by atoms with van der Waals surface area (Å²) >= 11 is 0. The van der Waals surface area contributed by atoms with Crippen molar-refractivity contribution in [3.8, 4) is 0 Å². The molecule has 26 heavy (non-hydrogen) atoms. The number of aliphatic imine (C=N–C) groups is 1. The van der Waals surface area contributed by atoms with E-state index in [1.165, 1.54) is 0 Å². The quantitative estimate of drug-likeness (QED) is 0.732. The van der Waals surface area contributed by atoms with Gasteiger partial charge in [0, 0.05) is 24.8 Å². The second-order valence-corrected chi connectivity index (χ2v) is 7.42. The first-order chi connectivity index (χ1) is 12.1. The molecule has 2 aliphatic rings. The Balaban J connectivity index is 2.05. The third-order valence-electron chi connectivity index (χ3n) is 4.88. The molecule has 1 aliphatic heterocycles. The van der Waals surface area contributed by atoms with Crippen molar-refractivity contribution in [2.45, 2.75) is 64.0 Å². The molecule has 7 heteroatoms. The summed E-state index contributed by atoms with van der Waals surface area (Å²) in [5.41, 5.74) is 6.10. The minimum Gasteiger partial charge on any atom is -0.386 e. The lowest BCUT2D eigenvalue weighted by molar-refractivity contribution is -0.129. The molecule has 2 unspecified atom stereocenters. The molecule has 1 aliphatic carbocycles. The van der Waals surface area contributed by atoms with Gasteiger partial charge in [0.15, 0.2) is 0 Å². The van der Waals surface area contributed by atoms with E-state index < -0.39 is 11.5 Å². The fourth-order valence-electron chi connectivity index (χ4n) is 3.43. The van der Waals surface area contributed by atoms with Crippen molar-refractivity contribution in [1.82, 2.24) is 5.32 Å². The number of amidine groups is 1. The second kappa shape index (κ2) is 8.29. The normalized spacial score (nSPS) is 28.7. The largest absolute Gasteiger partial charge is 0.386 e. The molecule has 0 aromatic carbocycles. The van der Waals surface area contributed by atoms with Gasteiger partial charge in [0.1, 0.15) is 18.0 Å². The number of hydrogen-bond acceptors (Lipinski definition) is 4. The number of halogens is 2. The molecule has 0 saturated heterocycles. The van der Waals surface area contributed by atoms with Crippen LogP contribution in [0.3, 0.4) is 0 Å². The Morgan fingerprint density at radius 1 is 1.42 bits per heavy atom. The first-order valence-corrected chi connectivity index (χ1v) is 9.10. The van der Waals surface area contributed by atoms with Gasteiger partial charge in [0.05, 0.1) is 6.61 Å². The number of carbonyl (C=O) groups is 1. The van der Waals surface area contributed by atoms with Gasteiger partial charge in [0.2, 0.25) is 11.8 Å². The standard InChI is InChI=1S/C19H29F2N3O2/c1-4-5-15(18(3)12-26-11-16(22)24-18)10-13(2)23-17(25)14-6-8-19(20,21)9-7-14/h4-5,10,13-14H,6-9,11-12H2,1-3H3,(H2,22,24)(H,23,25)/b5-4-,15-10+. The molecular weight excluding hydrogens is 340 g/mol. The van der Waals surface area contributed by atoms with Gasteiger partial charge >= 0.3 is 0 Å². The average molecular weight is 369 g/mol. The SMILES string of the molecule is C/C=C\C(=C/C(C)NC(=O)C1CCC(F)(F)CC1)C1(C)COCC(N)=N1. The first kappa shape index (κ1) is 20.6. The Labute approximate surface area is 153 Å². The van der Waals surface area contributed by atoms with Gasteiger partial charge in [-0.1, -0.05) is 18.2 Å². The van der Waals surface area contributed by atoms with Gasteiger partial charge in [-0.15, -0.1) is 0 Å². The Kier molecular flexibility index (Phi) is 6.55. The van der Waals surface area contributed by atoms with E-state index in [0.717, 1.165) is 5.57 Å². The molecule has 0 aromatic rings. The van der Waals surface area contributed by atoms with Crippen molar-refractivity contribution in [3.05, 3.63) is 23.8 Å². The predicted octanol–water partition coefficient (Wildman–Crippen LogP) is 2.97. The lowest BCUT2D eigenvalue weighted by atomic mass is 9.86. The molecule has 1 heterocycles. The Bertz CT molecular complexity index is 606. The third kappa shape index (κ3) is 5.37. The minimum atomic E-state index is -2.63. The van der Waals surface area contributed by atoms with Gasteiger partial charge in [-0.05, 0) is 39.2 Å². The summed E-state index contributed by atoms with van der Waals surface area (Å²) in [5.74, 6) is -2.71. The number of hydrogen-bond donors (Lipinski definition) is 2. The molecule has 1 amide bonds. The molecule has 146 valence electrons. The lowest BCUT2D eigenvalue weighted by Gasteiger charge is -2.32. The van der Waals surface area contributed by atoms with E-state index in [2.05, 4.69) is 10.3 Å². The van der Waals surface area contributed by atoms with E-state index in [-0.39, 0.29) is 43.6 Å². The monoisotopic (exact) mass is 369 g/mol. The zero-order valence-corrected chi connectivity index (χ0v) is 15.7. The number of carbonyl (C=O) groups excluding carboxylic acids is 1. The van der Waals surface area contributed by atoms with Crippen molar-refractivity contribution < 1.29 is 18.3 Å². The van der Waals surface area contributed by atoms with Crippen LogP contribution in [0.25, 0.3) is 0 Å². The maximum Gasteiger partial charge on any atom is 0.248 e. The maximum atomic E-state index is 13.3. The van der Waals surface area contributed by atoms with Gasteiger partial charge in [-0.3, -0.25) is 9.79 Å². The first-order valence-electron chi connectivity index (χ1n) is 9.10. The van der Waals surface area contributed by atoms with Gasteiger partial charge in [-0.25, -0.2) is 8.78 Å². The molecule has 2 atom stereocenters. The number of ether oxygens (including phenoxy) is 1. The minimum absolute atomic E-state index is 0.169. The number of rotatable bonds is 5. The number of allylic oxidation sites excluding steroid dienone is 1. The zero-order valence-electron chi connectivity index (χ0n) is 15.7. The summed E-state index contributed by atoms with van der Waals surface area (Å²) in [6.07, 6.45) is 5.75. The molecule has 1 saturated carbocycles. The van der Waals surface area contributed by atoms with E-state index in [1.807, 2.05) is 39.0 Å². The van der Waals surface area contributed by atoms with Crippen molar-refractivity contribution >= 4 is 11.7 Å². The maximum absolute atomic E-state index is 13.3. The highest BCUT2D eigenvalue weighted by Gasteiger charge is 2.37. The summed E-state index contributed by atoms with van der Waals surface area (Å²) in [4.78, 5) is 16.9. The van der Waals surface area contributed by atoms with Crippen LogP contribution >= 0.6 is 0 Å². The fraction of sp³-hybridized carbons (Fsp3) is 0.684. The number of nitrogens with zero attached hydrogens (tertiary/aromatic N) is 1. The summed E-state index contributed by atoms with van der Waals surface area (Å²) in [7, 11) is 0. The number of alkyl halides is 2.